The lowest BCUT2D eigenvalue weighted by atomic mass is 10.1. The summed E-state index contributed by atoms with van der Waals surface area (Å²) in [5.74, 6) is -0.929. The molecular weight excluding hydrogens is 392 g/mol. The van der Waals surface area contributed by atoms with Crippen LogP contribution in [0.2, 0.25) is 0 Å². The Labute approximate surface area is 191 Å². The Kier molecular flexibility index (Phi) is 22.7. The van der Waals surface area contributed by atoms with Crippen LogP contribution in [-0.2, 0) is 19.1 Å². The smallest absolute Gasteiger partial charge is 0.332 e. The highest BCUT2D eigenvalue weighted by molar-refractivity contribution is 5.72. The van der Waals surface area contributed by atoms with Crippen LogP contribution >= 0.6 is 0 Å². The second-order valence-corrected chi connectivity index (χ2v) is 8.76. The van der Waals surface area contributed by atoms with Crippen LogP contribution in [0.1, 0.15) is 136 Å². The van der Waals surface area contributed by atoms with Crippen LogP contribution in [0.5, 0.6) is 0 Å². The van der Waals surface area contributed by atoms with E-state index < -0.39 is 12.1 Å². The maximum absolute atomic E-state index is 11.7. The van der Waals surface area contributed by atoms with Gasteiger partial charge in [0.1, 0.15) is 0 Å². The third-order valence-electron chi connectivity index (χ3n) is 5.70. The predicted octanol–water partition coefficient (Wildman–Crippen LogP) is 7.45. The lowest BCUT2D eigenvalue weighted by Gasteiger charge is -2.13. The van der Waals surface area contributed by atoms with Crippen molar-refractivity contribution in [1.29, 1.82) is 0 Å². The molecule has 0 amide bonds. The second-order valence-electron chi connectivity index (χ2n) is 8.76. The molecule has 0 aromatic rings. The molecule has 0 radical (unpaired) electrons. The fourth-order valence-electron chi connectivity index (χ4n) is 3.66. The normalized spacial score (nSPS) is 12.1. The quantitative estimate of drug-likeness (QED) is 0.124. The van der Waals surface area contributed by atoms with E-state index in [0.717, 1.165) is 57.8 Å². The molecule has 1 atom stereocenters. The van der Waals surface area contributed by atoms with E-state index in [2.05, 4.69) is 13.8 Å². The highest BCUT2D eigenvalue weighted by Gasteiger charge is 2.17. The molecule has 5 nitrogen and oxygen atoms in total. The number of esters is 1. The Morgan fingerprint density at radius 2 is 1.13 bits per heavy atom. The minimum atomic E-state index is -0.848. The van der Waals surface area contributed by atoms with E-state index in [-0.39, 0.29) is 5.97 Å². The van der Waals surface area contributed by atoms with Gasteiger partial charge in [-0.25, -0.2) is 4.79 Å². The number of carbonyl (C=O) groups excluding carboxylic acids is 1. The van der Waals surface area contributed by atoms with Gasteiger partial charge in [-0.05, 0) is 25.7 Å². The van der Waals surface area contributed by atoms with E-state index >= 15 is 0 Å². The largest absolute Gasteiger partial charge is 0.479 e. The molecule has 0 rings (SSSR count). The third-order valence-corrected chi connectivity index (χ3v) is 5.70. The van der Waals surface area contributed by atoms with E-state index in [1.54, 1.807) is 0 Å². The summed E-state index contributed by atoms with van der Waals surface area (Å²) in [6, 6.07) is 0. The van der Waals surface area contributed by atoms with Crippen molar-refractivity contribution in [2.45, 2.75) is 142 Å². The number of hydrogen-bond acceptors (Lipinski definition) is 4. The summed E-state index contributed by atoms with van der Waals surface area (Å²) in [4.78, 5) is 23.1. The van der Waals surface area contributed by atoms with Crippen molar-refractivity contribution in [1.82, 2.24) is 0 Å². The molecule has 0 saturated heterocycles. The van der Waals surface area contributed by atoms with Crippen LogP contribution in [0.25, 0.3) is 0 Å². The van der Waals surface area contributed by atoms with Gasteiger partial charge in [0.25, 0.3) is 0 Å². The molecule has 0 bridgehead atoms. The number of carbonyl (C=O) groups is 2. The Morgan fingerprint density at radius 1 is 0.645 bits per heavy atom. The molecule has 0 aromatic carbocycles. The van der Waals surface area contributed by atoms with E-state index in [0.29, 0.717) is 26.1 Å². The number of ether oxygens (including phenoxy) is 2. The van der Waals surface area contributed by atoms with Gasteiger partial charge in [-0.2, -0.15) is 0 Å². The first kappa shape index (κ1) is 29.9. The van der Waals surface area contributed by atoms with Crippen LogP contribution in [-0.4, -0.2) is 36.4 Å². The fourth-order valence-corrected chi connectivity index (χ4v) is 3.66. The summed E-state index contributed by atoms with van der Waals surface area (Å²) in [5, 5.41) is 9.31. The molecule has 0 aliphatic rings. The number of rotatable bonds is 24. The van der Waals surface area contributed by atoms with Crippen molar-refractivity contribution in [3.8, 4) is 0 Å². The molecule has 31 heavy (non-hydrogen) atoms. The zero-order valence-corrected chi connectivity index (χ0v) is 20.5. The number of unbranched alkanes of at least 4 members (excludes halogenated alkanes) is 14. The zero-order valence-electron chi connectivity index (χ0n) is 20.5. The number of aliphatic carboxylic acids is 1. The molecular formula is C26H50O5. The van der Waals surface area contributed by atoms with Gasteiger partial charge in [0, 0.05) is 13.0 Å². The van der Waals surface area contributed by atoms with Gasteiger partial charge in [0.05, 0.1) is 6.61 Å². The van der Waals surface area contributed by atoms with Gasteiger partial charge in [-0.3, -0.25) is 4.79 Å². The molecule has 1 unspecified atom stereocenters. The Bertz CT molecular complexity index is 411. The van der Waals surface area contributed by atoms with Gasteiger partial charge < -0.3 is 14.6 Å². The predicted molar refractivity (Wildman–Crippen MR) is 127 cm³/mol. The van der Waals surface area contributed by atoms with Crippen LogP contribution < -0.4 is 0 Å². The minimum absolute atomic E-state index is 0.0809. The van der Waals surface area contributed by atoms with E-state index in [9.17, 15) is 14.7 Å². The van der Waals surface area contributed by atoms with Gasteiger partial charge in [-0.1, -0.05) is 104 Å². The molecule has 0 saturated carbocycles. The van der Waals surface area contributed by atoms with E-state index in [4.69, 9.17) is 9.47 Å². The summed E-state index contributed by atoms with van der Waals surface area (Å²) in [6.07, 6.45) is 19.3. The average molecular weight is 443 g/mol. The summed E-state index contributed by atoms with van der Waals surface area (Å²) in [6.45, 7) is 5.51. The van der Waals surface area contributed by atoms with Crippen LogP contribution in [0.15, 0.2) is 0 Å². The van der Waals surface area contributed by atoms with Crippen molar-refractivity contribution >= 4 is 11.9 Å². The molecule has 0 aromatic heterocycles. The molecule has 1 N–H and O–H groups in total. The Morgan fingerprint density at radius 3 is 1.71 bits per heavy atom. The van der Waals surface area contributed by atoms with Crippen LogP contribution in [0, 0.1) is 0 Å². The zero-order chi connectivity index (χ0) is 23.0. The van der Waals surface area contributed by atoms with E-state index in [1.807, 2.05) is 0 Å². The molecule has 0 aliphatic heterocycles. The van der Waals surface area contributed by atoms with Crippen molar-refractivity contribution in [2.75, 3.05) is 13.2 Å². The van der Waals surface area contributed by atoms with Gasteiger partial charge in [-0.15, -0.1) is 0 Å². The number of hydrogen-bond donors (Lipinski definition) is 1. The lowest BCUT2D eigenvalue weighted by Crippen LogP contribution is -2.24. The maximum Gasteiger partial charge on any atom is 0.332 e. The molecule has 5 heteroatoms. The van der Waals surface area contributed by atoms with Crippen molar-refractivity contribution in [3.05, 3.63) is 0 Å². The molecule has 184 valence electrons. The highest BCUT2D eigenvalue weighted by Crippen LogP contribution is 2.13. The van der Waals surface area contributed by atoms with Gasteiger partial charge >= 0.3 is 11.9 Å². The van der Waals surface area contributed by atoms with Crippen LogP contribution in [0.4, 0.5) is 0 Å². The fraction of sp³-hybridized carbons (Fsp3) is 0.923. The SMILES string of the molecule is CCCCCCCCOC(=O)CCCCCCCC(OCCCCCCCC)C(=O)O. The molecule has 0 spiro atoms. The molecule has 0 fully saturated rings. The van der Waals surface area contributed by atoms with Gasteiger partial charge in [0.2, 0.25) is 0 Å². The topological polar surface area (TPSA) is 72.8 Å². The third kappa shape index (κ3) is 21.9. The Hall–Kier alpha value is -1.10. The average Bonchev–Trinajstić information content (AvgIpc) is 2.75. The van der Waals surface area contributed by atoms with Crippen molar-refractivity contribution < 1.29 is 24.2 Å². The number of carboxylic acids is 1. The van der Waals surface area contributed by atoms with Gasteiger partial charge in [0.15, 0.2) is 6.10 Å². The number of carboxylic acid groups (broad SMARTS) is 1. The lowest BCUT2D eigenvalue weighted by molar-refractivity contribution is -0.151. The molecule has 0 heterocycles. The summed E-state index contributed by atoms with van der Waals surface area (Å²) in [7, 11) is 0. The summed E-state index contributed by atoms with van der Waals surface area (Å²) < 4.78 is 10.9. The highest BCUT2D eigenvalue weighted by atomic mass is 16.5. The second kappa shape index (κ2) is 23.6. The first-order valence-electron chi connectivity index (χ1n) is 13.1. The van der Waals surface area contributed by atoms with Crippen molar-refractivity contribution in [2.24, 2.45) is 0 Å². The molecule has 0 aliphatic carbocycles. The van der Waals surface area contributed by atoms with Crippen molar-refractivity contribution in [3.63, 3.8) is 0 Å². The Balaban J connectivity index is 3.52. The summed E-state index contributed by atoms with van der Waals surface area (Å²) >= 11 is 0. The van der Waals surface area contributed by atoms with Crippen LogP contribution in [0.3, 0.4) is 0 Å². The maximum atomic E-state index is 11.7. The first-order chi connectivity index (χ1) is 15.1. The first-order valence-corrected chi connectivity index (χ1v) is 13.1. The summed E-state index contributed by atoms with van der Waals surface area (Å²) in [5.41, 5.74) is 0. The van der Waals surface area contributed by atoms with E-state index in [1.165, 1.54) is 51.4 Å². The minimum Gasteiger partial charge on any atom is -0.479 e. The monoisotopic (exact) mass is 442 g/mol. The standard InChI is InChI=1S/C26H50O5/c1-3-5-7-9-14-18-22-30-24(26(28)29)20-16-12-11-13-17-21-25(27)31-23-19-15-10-8-6-4-2/h24H,3-23H2,1-2H3,(H,28,29).